The highest BCUT2D eigenvalue weighted by Gasteiger charge is 2.48. The number of nitrogens with zero attached hydrogens (tertiary/aromatic N) is 2. The molecule has 97 heavy (non-hydrogen) atoms. The Hall–Kier alpha value is -10.5. The second kappa shape index (κ2) is 23.1. The Morgan fingerprint density at radius 3 is 1.33 bits per heavy atom. The van der Waals surface area contributed by atoms with E-state index in [1.807, 2.05) is 0 Å². The fourth-order valence-electron chi connectivity index (χ4n) is 16.7. The molecule has 3 heteroatoms. The number of benzene rings is 11. The topological polar surface area (TPSA) is 6.48 Å². The van der Waals surface area contributed by atoms with Gasteiger partial charge in [-0.2, -0.15) is 0 Å². The zero-order valence-corrected chi connectivity index (χ0v) is 57.2. The van der Waals surface area contributed by atoms with Gasteiger partial charge in [-0.3, -0.25) is 0 Å². The van der Waals surface area contributed by atoms with Crippen molar-refractivity contribution in [1.82, 2.24) is 0 Å². The Bertz CT molecular complexity index is 5040. The van der Waals surface area contributed by atoms with E-state index < -0.39 is 0 Å². The molecule has 11 aromatic rings. The SMILES string of the molecule is CC(C)(C)C1=CC2=CC(c3ccc4c(c3)N(c3c(-c5ccccc5)cccc3-c3ccccc3)c3cc(-c5ccc(C(C)(C)C)cc5)cc5c3B4c3cc(-c4ccccc4)ccc3N5c3c(-c4ccccc4)cccc3-c3ccccc3)=C3C=C(C(C)(C)C)CC4C=CC(=C1)C2C34. The van der Waals surface area contributed by atoms with Gasteiger partial charge in [0.2, 0.25) is 0 Å². The molecule has 0 fully saturated rings. The van der Waals surface area contributed by atoms with Gasteiger partial charge in [0.1, 0.15) is 0 Å². The van der Waals surface area contributed by atoms with Crippen LogP contribution < -0.4 is 26.2 Å². The maximum Gasteiger partial charge on any atom is 0.252 e. The average molecular weight is 1250 g/mol. The second-order valence-corrected chi connectivity index (χ2v) is 30.8. The Kier molecular flexibility index (Phi) is 14.4. The van der Waals surface area contributed by atoms with E-state index in [1.54, 1.807) is 0 Å². The number of rotatable bonds is 9. The van der Waals surface area contributed by atoms with Crippen molar-refractivity contribution in [3.63, 3.8) is 0 Å². The lowest BCUT2D eigenvalue weighted by atomic mass is 9.33. The van der Waals surface area contributed by atoms with Crippen molar-refractivity contribution in [2.45, 2.75) is 74.1 Å². The first-order valence-electron chi connectivity index (χ1n) is 35.0. The predicted octanol–water partition coefficient (Wildman–Crippen LogP) is 23.5. The van der Waals surface area contributed by atoms with Gasteiger partial charge < -0.3 is 9.80 Å². The van der Waals surface area contributed by atoms with Gasteiger partial charge in [0.25, 0.3) is 6.71 Å². The molecular weight excluding hydrogens is 1170 g/mol. The van der Waals surface area contributed by atoms with Crippen molar-refractivity contribution in [3.05, 3.63) is 336 Å². The Labute approximate surface area is 574 Å². The van der Waals surface area contributed by atoms with Crippen LogP contribution >= 0.6 is 0 Å². The molecule has 470 valence electrons. The molecule has 0 bridgehead atoms. The van der Waals surface area contributed by atoms with E-state index in [-0.39, 0.29) is 23.0 Å². The molecule has 0 amide bonds. The van der Waals surface area contributed by atoms with Crippen molar-refractivity contribution >= 4 is 62.8 Å². The minimum absolute atomic E-state index is 0.00105. The van der Waals surface area contributed by atoms with E-state index in [4.69, 9.17) is 0 Å². The van der Waals surface area contributed by atoms with E-state index in [1.165, 1.54) is 94.5 Å². The number of allylic oxidation sites excluding steroid dienone is 12. The smallest absolute Gasteiger partial charge is 0.252 e. The molecule has 3 unspecified atom stereocenters. The van der Waals surface area contributed by atoms with E-state index in [2.05, 4.69) is 369 Å². The summed E-state index contributed by atoms with van der Waals surface area (Å²) in [5.41, 5.74) is 35.8. The Morgan fingerprint density at radius 1 is 0.351 bits per heavy atom. The zero-order valence-electron chi connectivity index (χ0n) is 57.2. The molecule has 2 heterocycles. The summed E-state index contributed by atoms with van der Waals surface area (Å²) < 4.78 is 0. The summed E-state index contributed by atoms with van der Waals surface area (Å²) in [4.78, 5) is 5.42. The Morgan fingerprint density at radius 2 is 0.825 bits per heavy atom. The molecule has 2 nitrogen and oxygen atoms in total. The molecular formula is C94H81BN2. The highest BCUT2D eigenvalue weighted by atomic mass is 15.2. The molecule has 0 saturated carbocycles. The third-order valence-electron chi connectivity index (χ3n) is 21.7. The van der Waals surface area contributed by atoms with E-state index in [0.29, 0.717) is 17.8 Å². The standard InChI is InChI=1S/C94H81BN2/c1-92(2,3)72-47-43-61(44-48-72)70-57-85-89-86(58-70)97(91-77(64-33-21-13-22-34-64)39-26-40-78(91)65-35-23-14-24-36-65)84-56-67(79-54-71-53-73(93(4,5)6)51-68-41-42-69-52-74(94(7,8)9)59-80(79)88(69)87(68)71)45-49-81(84)95(89)82-55-66(60-27-15-10-16-28-60)46-50-83(82)96(85)90-75(62-29-17-11-18-30-62)37-25-38-76(90)63-31-19-12-20-32-63/h10-51,53-59,69,87-88H,52H2,1-9H3. The molecule has 11 aromatic carbocycles. The molecule has 2 aliphatic heterocycles. The van der Waals surface area contributed by atoms with Gasteiger partial charge in [-0.05, 0) is 153 Å². The molecule has 6 aliphatic rings. The van der Waals surface area contributed by atoms with Crippen LogP contribution in [0, 0.1) is 28.6 Å². The third-order valence-corrected chi connectivity index (χ3v) is 21.7. The number of anilines is 6. The number of hydrogen-bond donors (Lipinski definition) is 0. The van der Waals surface area contributed by atoms with Crippen LogP contribution in [0.15, 0.2) is 325 Å². The monoisotopic (exact) mass is 1250 g/mol. The first kappa shape index (κ1) is 60.2. The molecule has 0 radical (unpaired) electrons. The molecule has 3 atom stereocenters. The molecule has 0 N–H and O–H groups in total. The minimum atomic E-state index is -0.198. The highest BCUT2D eigenvalue weighted by molar-refractivity contribution is 7.00. The minimum Gasteiger partial charge on any atom is -0.310 e. The van der Waals surface area contributed by atoms with Crippen molar-refractivity contribution in [1.29, 1.82) is 0 Å². The fraction of sp³-hybridized carbons (Fsp3) is 0.170. The van der Waals surface area contributed by atoms with Crippen molar-refractivity contribution in [2.75, 3.05) is 9.80 Å². The fourth-order valence-corrected chi connectivity index (χ4v) is 16.7. The lowest BCUT2D eigenvalue weighted by Crippen LogP contribution is -2.61. The number of fused-ring (bicyclic) bond motifs is 4. The van der Waals surface area contributed by atoms with E-state index in [9.17, 15) is 0 Å². The summed E-state index contributed by atoms with van der Waals surface area (Å²) in [5, 5.41) is 0. The van der Waals surface area contributed by atoms with Crippen LogP contribution in [-0.2, 0) is 5.41 Å². The van der Waals surface area contributed by atoms with Gasteiger partial charge in [0.05, 0.1) is 11.4 Å². The summed E-state index contributed by atoms with van der Waals surface area (Å²) in [7, 11) is 0. The molecule has 17 rings (SSSR count). The van der Waals surface area contributed by atoms with Crippen LogP contribution in [0.2, 0.25) is 0 Å². The van der Waals surface area contributed by atoms with Crippen LogP contribution in [0.25, 0.3) is 72.3 Å². The van der Waals surface area contributed by atoms with E-state index in [0.717, 1.165) is 73.8 Å². The lowest BCUT2D eigenvalue weighted by Gasteiger charge is -2.48. The second-order valence-electron chi connectivity index (χ2n) is 30.8. The molecule has 0 saturated heterocycles. The van der Waals surface area contributed by atoms with Crippen LogP contribution in [0.3, 0.4) is 0 Å². The van der Waals surface area contributed by atoms with Crippen LogP contribution in [0.1, 0.15) is 79.9 Å². The van der Waals surface area contributed by atoms with Crippen LogP contribution in [-0.4, -0.2) is 6.71 Å². The van der Waals surface area contributed by atoms with Gasteiger partial charge in [-0.15, -0.1) is 0 Å². The molecule has 0 aromatic heterocycles. The average Bonchev–Trinajstić information content (AvgIpc) is 0.691. The normalized spacial score (nSPS) is 17.5. The summed E-state index contributed by atoms with van der Waals surface area (Å²) in [6.07, 6.45) is 16.5. The maximum atomic E-state index is 2.74. The van der Waals surface area contributed by atoms with Crippen molar-refractivity contribution in [2.24, 2.45) is 28.6 Å². The first-order chi connectivity index (χ1) is 47.0. The summed E-state index contributed by atoms with van der Waals surface area (Å²) >= 11 is 0. The first-order valence-corrected chi connectivity index (χ1v) is 35.0. The van der Waals surface area contributed by atoms with Gasteiger partial charge >= 0.3 is 0 Å². The van der Waals surface area contributed by atoms with Gasteiger partial charge in [0.15, 0.2) is 0 Å². The van der Waals surface area contributed by atoms with Crippen LogP contribution in [0.4, 0.5) is 34.1 Å². The summed E-state index contributed by atoms with van der Waals surface area (Å²) in [5.74, 6) is 0.999. The van der Waals surface area contributed by atoms with Gasteiger partial charge in [-0.1, -0.05) is 341 Å². The quantitative estimate of drug-likeness (QED) is 0.133. The molecule has 4 aliphatic carbocycles. The van der Waals surface area contributed by atoms with Crippen LogP contribution in [0.5, 0.6) is 0 Å². The van der Waals surface area contributed by atoms with Gasteiger partial charge in [-0.25, -0.2) is 0 Å². The molecule has 0 spiro atoms. The van der Waals surface area contributed by atoms with Crippen molar-refractivity contribution < 1.29 is 0 Å². The maximum absolute atomic E-state index is 2.74. The zero-order chi connectivity index (χ0) is 66.1. The summed E-state index contributed by atoms with van der Waals surface area (Å²) in [6.45, 7) is 21.1. The third kappa shape index (κ3) is 10.3. The van der Waals surface area contributed by atoms with Crippen molar-refractivity contribution in [3.8, 4) is 66.8 Å². The largest absolute Gasteiger partial charge is 0.310 e. The number of hydrogen-bond acceptors (Lipinski definition) is 2. The number of para-hydroxylation sites is 2. The van der Waals surface area contributed by atoms with E-state index >= 15 is 0 Å². The summed E-state index contributed by atoms with van der Waals surface area (Å²) in [6, 6.07) is 99.0. The predicted molar refractivity (Wildman–Crippen MR) is 414 cm³/mol. The lowest BCUT2D eigenvalue weighted by molar-refractivity contribution is 0.329. The Balaban J connectivity index is 1.04. The van der Waals surface area contributed by atoms with Gasteiger partial charge in [0, 0.05) is 56.8 Å². The highest BCUT2D eigenvalue weighted by Crippen LogP contribution is 2.59.